The number of benzene rings is 1. The first kappa shape index (κ1) is 16.1. The predicted molar refractivity (Wildman–Crippen MR) is 90.0 cm³/mol. The van der Waals surface area contributed by atoms with Gasteiger partial charge in [0, 0.05) is 0 Å². The van der Waals surface area contributed by atoms with Crippen LogP contribution in [0.5, 0.6) is 0 Å². The van der Waals surface area contributed by atoms with Crippen molar-refractivity contribution < 1.29 is 0 Å². The summed E-state index contributed by atoms with van der Waals surface area (Å²) in [5.41, 5.74) is 3.90. The predicted octanol–water partition coefficient (Wildman–Crippen LogP) is 4.27. The minimum atomic E-state index is 0.163. The zero-order chi connectivity index (χ0) is 15.6. The van der Waals surface area contributed by atoms with Crippen molar-refractivity contribution in [3.8, 4) is 0 Å². The summed E-state index contributed by atoms with van der Waals surface area (Å²) in [7, 11) is 1.99. The number of aromatic nitrogens is 2. The molecule has 3 nitrogen and oxygen atoms in total. The van der Waals surface area contributed by atoms with Crippen molar-refractivity contribution >= 4 is 11.5 Å². The Morgan fingerprint density at radius 2 is 1.71 bits per heavy atom. The molecule has 0 saturated heterocycles. The number of nitrogens with one attached hydrogen (secondary N) is 1. The van der Waals surface area contributed by atoms with Crippen molar-refractivity contribution in [3.63, 3.8) is 0 Å². The zero-order valence-corrected chi connectivity index (χ0v) is 14.6. The highest BCUT2D eigenvalue weighted by Gasteiger charge is 2.22. The van der Waals surface area contributed by atoms with Gasteiger partial charge >= 0.3 is 0 Å². The minimum absolute atomic E-state index is 0.163. The number of rotatable bonds is 4. The third kappa shape index (κ3) is 3.50. The van der Waals surface area contributed by atoms with E-state index >= 15 is 0 Å². The second-order valence-electron chi connectivity index (χ2n) is 6.77. The van der Waals surface area contributed by atoms with Gasteiger partial charge in [-0.2, -0.15) is 0 Å². The molecule has 4 heteroatoms. The summed E-state index contributed by atoms with van der Waals surface area (Å²) in [4.78, 5) is 1.22. The molecule has 1 atom stereocenters. The van der Waals surface area contributed by atoms with E-state index < -0.39 is 0 Å². The Hall–Kier alpha value is -1.26. The molecule has 1 N–H and O–H groups in total. The third-order valence-electron chi connectivity index (χ3n) is 3.75. The van der Waals surface area contributed by atoms with Crippen molar-refractivity contribution in [1.29, 1.82) is 0 Å². The number of hydrogen-bond donors (Lipinski definition) is 1. The van der Waals surface area contributed by atoms with E-state index in [1.165, 1.54) is 27.5 Å². The fourth-order valence-electron chi connectivity index (χ4n) is 2.43. The first-order chi connectivity index (χ1) is 9.84. The van der Waals surface area contributed by atoms with Crippen LogP contribution in [0.4, 0.5) is 0 Å². The minimum Gasteiger partial charge on any atom is -0.309 e. The van der Waals surface area contributed by atoms with E-state index in [-0.39, 0.29) is 11.5 Å². The monoisotopic (exact) mass is 303 g/mol. The van der Waals surface area contributed by atoms with Crippen LogP contribution in [-0.2, 0) is 5.41 Å². The lowest BCUT2D eigenvalue weighted by Gasteiger charge is -2.21. The highest BCUT2D eigenvalue weighted by atomic mass is 32.1. The Morgan fingerprint density at radius 1 is 1.10 bits per heavy atom. The molecule has 0 amide bonds. The standard InChI is InChI=1S/C17H25N3S/c1-11(2)14-16(21-20-19-14)15(18-6)12-7-9-13(10-8-12)17(3,4)5/h7-11,15,18H,1-6H3. The molecule has 114 valence electrons. The lowest BCUT2D eigenvalue weighted by atomic mass is 9.86. The Balaban J connectivity index is 2.36. The van der Waals surface area contributed by atoms with Crippen molar-refractivity contribution in [2.45, 2.75) is 52.0 Å². The van der Waals surface area contributed by atoms with Crippen molar-refractivity contribution in [2.75, 3.05) is 7.05 Å². The molecule has 0 radical (unpaired) electrons. The summed E-state index contributed by atoms with van der Waals surface area (Å²) in [6.07, 6.45) is 0. The summed E-state index contributed by atoms with van der Waals surface area (Å²) >= 11 is 1.49. The summed E-state index contributed by atoms with van der Waals surface area (Å²) in [6.45, 7) is 11.0. The highest BCUT2D eigenvalue weighted by molar-refractivity contribution is 7.05. The molecule has 2 rings (SSSR count). The molecule has 0 aliphatic carbocycles. The molecule has 0 aliphatic heterocycles. The molecule has 2 aromatic rings. The Bertz CT molecular complexity index is 579. The third-order valence-corrected chi connectivity index (χ3v) is 4.55. The number of hydrogen-bond acceptors (Lipinski definition) is 4. The van der Waals surface area contributed by atoms with E-state index in [4.69, 9.17) is 0 Å². The summed E-state index contributed by atoms with van der Waals surface area (Å²) < 4.78 is 4.15. The quantitative estimate of drug-likeness (QED) is 0.916. The Kier molecular flexibility index (Phi) is 4.79. The smallest absolute Gasteiger partial charge is 0.0832 e. The van der Waals surface area contributed by atoms with Gasteiger partial charge in [0.1, 0.15) is 0 Å². The van der Waals surface area contributed by atoms with E-state index in [2.05, 4.69) is 73.8 Å². The molecule has 0 saturated carbocycles. The van der Waals surface area contributed by atoms with Crippen LogP contribution >= 0.6 is 11.5 Å². The molecule has 0 fully saturated rings. The second-order valence-corrected chi connectivity index (χ2v) is 7.56. The lowest BCUT2D eigenvalue weighted by Crippen LogP contribution is -2.19. The molecule has 1 heterocycles. The van der Waals surface area contributed by atoms with E-state index in [1.807, 2.05) is 7.05 Å². The molecule has 0 bridgehead atoms. The average molecular weight is 303 g/mol. The van der Waals surface area contributed by atoms with Gasteiger partial charge in [-0.25, -0.2) is 0 Å². The summed E-state index contributed by atoms with van der Waals surface area (Å²) in [6, 6.07) is 9.04. The van der Waals surface area contributed by atoms with Crippen LogP contribution in [0, 0.1) is 0 Å². The first-order valence-electron chi connectivity index (χ1n) is 7.44. The van der Waals surface area contributed by atoms with Gasteiger partial charge in [0.2, 0.25) is 0 Å². The van der Waals surface area contributed by atoms with Gasteiger partial charge in [-0.15, -0.1) is 5.10 Å². The highest BCUT2D eigenvalue weighted by Crippen LogP contribution is 2.31. The van der Waals surface area contributed by atoms with Gasteiger partial charge in [0.25, 0.3) is 0 Å². The van der Waals surface area contributed by atoms with Crippen LogP contribution in [0.25, 0.3) is 0 Å². The fourth-order valence-corrected chi connectivity index (χ4v) is 3.38. The van der Waals surface area contributed by atoms with Crippen molar-refractivity contribution in [2.24, 2.45) is 0 Å². The van der Waals surface area contributed by atoms with Crippen LogP contribution in [0.3, 0.4) is 0 Å². The normalized spacial score (nSPS) is 13.7. The van der Waals surface area contributed by atoms with E-state index in [9.17, 15) is 0 Å². The Morgan fingerprint density at radius 3 is 2.19 bits per heavy atom. The van der Waals surface area contributed by atoms with Crippen LogP contribution in [-0.4, -0.2) is 16.6 Å². The lowest BCUT2D eigenvalue weighted by molar-refractivity contribution is 0.589. The van der Waals surface area contributed by atoms with E-state index in [0.29, 0.717) is 5.92 Å². The van der Waals surface area contributed by atoms with Gasteiger partial charge in [-0.1, -0.05) is 63.4 Å². The van der Waals surface area contributed by atoms with Crippen molar-refractivity contribution in [3.05, 3.63) is 46.0 Å². The SMILES string of the molecule is CNC(c1ccc(C(C)(C)C)cc1)c1snnc1C(C)C. The maximum atomic E-state index is 4.30. The molecule has 21 heavy (non-hydrogen) atoms. The van der Waals surface area contributed by atoms with Gasteiger partial charge < -0.3 is 5.32 Å². The molecule has 1 unspecified atom stereocenters. The first-order valence-corrected chi connectivity index (χ1v) is 8.21. The van der Waals surface area contributed by atoms with Crippen LogP contribution < -0.4 is 5.32 Å². The second kappa shape index (κ2) is 6.24. The van der Waals surface area contributed by atoms with Crippen LogP contribution in [0.15, 0.2) is 24.3 Å². The largest absolute Gasteiger partial charge is 0.309 e. The van der Waals surface area contributed by atoms with Crippen LogP contribution in [0.2, 0.25) is 0 Å². The molecule has 0 aliphatic rings. The molecular weight excluding hydrogens is 278 g/mol. The van der Waals surface area contributed by atoms with Crippen molar-refractivity contribution in [1.82, 2.24) is 14.9 Å². The molecule has 1 aromatic heterocycles. The maximum absolute atomic E-state index is 4.30. The molecular formula is C17H25N3S. The van der Waals surface area contributed by atoms with E-state index in [1.54, 1.807) is 0 Å². The fraction of sp³-hybridized carbons (Fsp3) is 0.529. The Labute approximate surface area is 132 Å². The number of nitrogens with zero attached hydrogens (tertiary/aromatic N) is 2. The van der Waals surface area contributed by atoms with E-state index in [0.717, 1.165) is 5.69 Å². The van der Waals surface area contributed by atoms with Gasteiger partial charge in [-0.3, -0.25) is 0 Å². The topological polar surface area (TPSA) is 37.8 Å². The summed E-state index contributed by atoms with van der Waals surface area (Å²) in [5, 5.41) is 7.70. The van der Waals surface area contributed by atoms with Crippen LogP contribution in [0.1, 0.15) is 68.3 Å². The van der Waals surface area contributed by atoms with Gasteiger partial charge in [0.15, 0.2) is 0 Å². The maximum Gasteiger partial charge on any atom is 0.0832 e. The average Bonchev–Trinajstić information content (AvgIpc) is 2.88. The summed E-state index contributed by atoms with van der Waals surface area (Å²) in [5.74, 6) is 0.392. The van der Waals surface area contributed by atoms with Gasteiger partial charge in [-0.05, 0) is 41.0 Å². The zero-order valence-electron chi connectivity index (χ0n) is 13.8. The molecule has 0 spiro atoms. The molecule has 1 aromatic carbocycles. The van der Waals surface area contributed by atoms with Gasteiger partial charge in [0.05, 0.1) is 16.6 Å².